The number of nitrogens with one attached hydrogen (secondary N) is 1. The maximum atomic E-state index is 12.3. The van der Waals surface area contributed by atoms with Gasteiger partial charge in [0.15, 0.2) is 0 Å². The quantitative estimate of drug-likeness (QED) is 0.867. The van der Waals surface area contributed by atoms with Crippen LogP contribution in [0.4, 0.5) is 11.4 Å². The molecule has 0 spiro atoms. The van der Waals surface area contributed by atoms with Crippen LogP contribution in [-0.4, -0.2) is 20.3 Å². The topological polar surface area (TPSA) is 94.9 Å². The van der Waals surface area contributed by atoms with Crippen molar-refractivity contribution in [2.45, 2.75) is 33.4 Å². The molecule has 2 aromatic heterocycles. The monoisotopic (exact) mass is 289 g/mol. The number of pyridine rings is 1. The Bertz CT molecular complexity index is 702. The predicted molar refractivity (Wildman–Crippen MR) is 81.3 cm³/mol. The highest BCUT2D eigenvalue weighted by molar-refractivity contribution is 6.06. The molecule has 7 heteroatoms. The predicted octanol–water partition coefficient (Wildman–Crippen LogP) is 1.31. The number of carbonyl (C=O) groups excluding carboxylic acids is 1. The molecule has 112 valence electrons. The van der Waals surface area contributed by atoms with E-state index in [1.807, 2.05) is 13.8 Å². The Morgan fingerprint density at radius 2 is 2.14 bits per heavy atom. The summed E-state index contributed by atoms with van der Waals surface area (Å²) in [5.41, 5.74) is 6.89. The second-order valence-corrected chi connectivity index (χ2v) is 4.67. The average Bonchev–Trinajstić information content (AvgIpc) is 2.84. The zero-order valence-corrected chi connectivity index (χ0v) is 12.2. The summed E-state index contributed by atoms with van der Waals surface area (Å²) >= 11 is 0. The molecule has 0 fully saturated rings. The first-order valence-corrected chi connectivity index (χ1v) is 6.90. The van der Waals surface area contributed by atoms with E-state index in [2.05, 4.69) is 10.4 Å². The molecule has 0 aliphatic carbocycles. The van der Waals surface area contributed by atoms with E-state index in [0.29, 0.717) is 30.2 Å². The molecule has 0 unspecified atom stereocenters. The summed E-state index contributed by atoms with van der Waals surface area (Å²) < 4.78 is 3.10. The van der Waals surface area contributed by atoms with Crippen molar-refractivity contribution in [3.05, 3.63) is 40.6 Å². The van der Waals surface area contributed by atoms with Crippen LogP contribution in [-0.2, 0) is 13.1 Å². The van der Waals surface area contributed by atoms with Gasteiger partial charge in [-0.05, 0) is 19.4 Å². The van der Waals surface area contributed by atoms with Gasteiger partial charge >= 0.3 is 0 Å². The van der Waals surface area contributed by atoms with E-state index in [1.54, 1.807) is 16.8 Å². The number of aryl methyl sites for hydroxylation is 2. The van der Waals surface area contributed by atoms with Gasteiger partial charge in [-0.1, -0.05) is 6.92 Å². The number of amides is 1. The Labute approximate surface area is 122 Å². The highest BCUT2D eigenvalue weighted by Crippen LogP contribution is 2.13. The standard InChI is InChI=1S/C14H19N5O2/c1-3-7-18-9-10(5-6-12(18)20)17-14(21)13-11(15)8-16-19(13)4-2/h5-6,8-9H,3-4,7,15H2,1-2H3,(H,17,21). The fourth-order valence-electron chi connectivity index (χ4n) is 2.10. The highest BCUT2D eigenvalue weighted by atomic mass is 16.2. The third kappa shape index (κ3) is 3.13. The van der Waals surface area contributed by atoms with Crippen LogP contribution >= 0.6 is 0 Å². The Kier molecular flexibility index (Phi) is 4.42. The smallest absolute Gasteiger partial charge is 0.276 e. The van der Waals surface area contributed by atoms with Crippen LogP contribution in [0.2, 0.25) is 0 Å². The number of nitrogens with zero attached hydrogens (tertiary/aromatic N) is 3. The van der Waals surface area contributed by atoms with E-state index in [0.717, 1.165) is 6.42 Å². The number of anilines is 2. The van der Waals surface area contributed by atoms with Gasteiger partial charge in [-0.25, -0.2) is 0 Å². The molecule has 0 aliphatic heterocycles. The van der Waals surface area contributed by atoms with E-state index in [1.165, 1.54) is 16.9 Å². The molecule has 0 atom stereocenters. The van der Waals surface area contributed by atoms with Crippen molar-refractivity contribution in [1.82, 2.24) is 14.3 Å². The summed E-state index contributed by atoms with van der Waals surface area (Å²) in [6.07, 6.45) is 3.93. The molecule has 0 radical (unpaired) electrons. The zero-order valence-electron chi connectivity index (χ0n) is 12.2. The Balaban J connectivity index is 2.25. The molecule has 3 N–H and O–H groups in total. The minimum absolute atomic E-state index is 0.0898. The van der Waals surface area contributed by atoms with Gasteiger partial charge in [-0.3, -0.25) is 14.3 Å². The van der Waals surface area contributed by atoms with Gasteiger partial charge in [0.1, 0.15) is 5.69 Å². The van der Waals surface area contributed by atoms with Gasteiger partial charge in [0.25, 0.3) is 11.5 Å². The van der Waals surface area contributed by atoms with Crippen molar-refractivity contribution < 1.29 is 4.79 Å². The van der Waals surface area contributed by atoms with Crippen molar-refractivity contribution in [2.75, 3.05) is 11.1 Å². The number of nitrogens with two attached hydrogens (primary N) is 1. The lowest BCUT2D eigenvalue weighted by Crippen LogP contribution is -2.22. The number of aromatic nitrogens is 3. The molecule has 0 saturated heterocycles. The van der Waals surface area contributed by atoms with E-state index >= 15 is 0 Å². The summed E-state index contributed by atoms with van der Waals surface area (Å²) in [6.45, 7) is 5.02. The third-order valence-corrected chi connectivity index (χ3v) is 3.09. The van der Waals surface area contributed by atoms with Gasteiger partial charge < -0.3 is 15.6 Å². The van der Waals surface area contributed by atoms with Crippen LogP contribution in [0, 0.1) is 0 Å². The molecule has 1 amide bonds. The fourth-order valence-corrected chi connectivity index (χ4v) is 2.10. The fraction of sp³-hybridized carbons (Fsp3) is 0.357. The maximum Gasteiger partial charge on any atom is 0.276 e. The van der Waals surface area contributed by atoms with Crippen LogP contribution in [0.1, 0.15) is 30.8 Å². The number of hydrogen-bond donors (Lipinski definition) is 2. The first-order valence-electron chi connectivity index (χ1n) is 6.90. The molecule has 2 rings (SSSR count). The van der Waals surface area contributed by atoms with Gasteiger partial charge in [0.05, 0.1) is 17.6 Å². The minimum Gasteiger partial charge on any atom is -0.396 e. The average molecular weight is 289 g/mol. The molecule has 21 heavy (non-hydrogen) atoms. The summed E-state index contributed by atoms with van der Waals surface area (Å²) in [5.74, 6) is -0.339. The lowest BCUT2D eigenvalue weighted by atomic mass is 10.3. The number of nitrogen functional groups attached to an aromatic ring is 1. The van der Waals surface area contributed by atoms with Crippen molar-refractivity contribution >= 4 is 17.3 Å². The van der Waals surface area contributed by atoms with Crippen LogP contribution in [0.25, 0.3) is 0 Å². The second-order valence-electron chi connectivity index (χ2n) is 4.67. The van der Waals surface area contributed by atoms with Gasteiger partial charge in [-0.15, -0.1) is 0 Å². The van der Waals surface area contributed by atoms with Crippen LogP contribution in [0.5, 0.6) is 0 Å². The first-order chi connectivity index (χ1) is 10.1. The normalized spacial score (nSPS) is 10.6. The number of rotatable bonds is 5. The van der Waals surface area contributed by atoms with E-state index in [9.17, 15) is 9.59 Å². The molecule has 2 heterocycles. The summed E-state index contributed by atoms with van der Waals surface area (Å²) in [4.78, 5) is 23.9. The second kappa shape index (κ2) is 6.25. The summed E-state index contributed by atoms with van der Waals surface area (Å²) in [5, 5.41) is 6.78. The summed E-state index contributed by atoms with van der Waals surface area (Å²) in [6, 6.07) is 3.01. The lowest BCUT2D eigenvalue weighted by molar-refractivity contribution is 0.101. The molecule has 0 bridgehead atoms. The number of carbonyl (C=O) groups is 1. The first kappa shape index (κ1) is 14.8. The maximum absolute atomic E-state index is 12.3. The molecule has 7 nitrogen and oxygen atoms in total. The molecule has 0 saturated carbocycles. The van der Waals surface area contributed by atoms with Crippen molar-refractivity contribution in [3.8, 4) is 0 Å². The molecule has 0 aromatic carbocycles. The van der Waals surface area contributed by atoms with Crippen LogP contribution < -0.4 is 16.6 Å². The van der Waals surface area contributed by atoms with Gasteiger partial charge in [-0.2, -0.15) is 5.10 Å². The van der Waals surface area contributed by atoms with E-state index in [-0.39, 0.29) is 11.5 Å². The van der Waals surface area contributed by atoms with Gasteiger partial charge in [0, 0.05) is 25.4 Å². The highest BCUT2D eigenvalue weighted by Gasteiger charge is 2.16. The molecular formula is C14H19N5O2. The number of hydrogen-bond acceptors (Lipinski definition) is 4. The lowest BCUT2D eigenvalue weighted by Gasteiger charge is -2.10. The van der Waals surface area contributed by atoms with E-state index < -0.39 is 0 Å². The Hall–Kier alpha value is -2.57. The largest absolute Gasteiger partial charge is 0.396 e. The van der Waals surface area contributed by atoms with Crippen LogP contribution in [0.3, 0.4) is 0 Å². The minimum atomic E-state index is -0.339. The SMILES string of the molecule is CCCn1cc(NC(=O)c2c(N)cnn2CC)ccc1=O. The molecule has 0 aliphatic rings. The summed E-state index contributed by atoms with van der Waals surface area (Å²) in [7, 11) is 0. The van der Waals surface area contributed by atoms with Gasteiger partial charge in [0.2, 0.25) is 0 Å². The van der Waals surface area contributed by atoms with E-state index in [4.69, 9.17) is 5.73 Å². The van der Waals surface area contributed by atoms with Crippen molar-refractivity contribution in [1.29, 1.82) is 0 Å². The molecular weight excluding hydrogens is 270 g/mol. The molecule has 2 aromatic rings. The van der Waals surface area contributed by atoms with Crippen molar-refractivity contribution in [2.24, 2.45) is 0 Å². The third-order valence-electron chi connectivity index (χ3n) is 3.09. The van der Waals surface area contributed by atoms with Crippen molar-refractivity contribution in [3.63, 3.8) is 0 Å². The Morgan fingerprint density at radius 3 is 2.81 bits per heavy atom. The zero-order chi connectivity index (χ0) is 15.4. The van der Waals surface area contributed by atoms with Crippen LogP contribution in [0.15, 0.2) is 29.3 Å². The Morgan fingerprint density at radius 1 is 1.38 bits per heavy atom.